The number of nitrogens with one attached hydrogen (secondary N) is 1. The summed E-state index contributed by atoms with van der Waals surface area (Å²) >= 11 is 5.90. The molecule has 4 nitrogen and oxygen atoms in total. The Morgan fingerprint density at radius 1 is 1.56 bits per heavy atom. The topological polar surface area (TPSA) is 68.0 Å². The summed E-state index contributed by atoms with van der Waals surface area (Å²) < 4.78 is 0. The summed E-state index contributed by atoms with van der Waals surface area (Å²) in [5, 5.41) is 3.18. The summed E-state index contributed by atoms with van der Waals surface area (Å²) in [6, 6.07) is 1.57. The number of anilines is 1. The van der Waals surface area contributed by atoms with Crippen molar-refractivity contribution in [3.8, 4) is 0 Å². The molecule has 0 atom stereocenters. The van der Waals surface area contributed by atoms with Gasteiger partial charge in [-0.15, -0.1) is 0 Å². The van der Waals surface area contributed by atoms with Crippen LogP contribution < -0.4 is 11.1 Å². The Labute approximate surface area is 111 Å². The zero-order valence-electron chi connectivity index (χ0n) is 10.1. The molecule has 1 heterocycles. The van der Waals surface area contributed by atoms with Crippen LogP contribution in [0.4, 0.5) is 5.69 Å². The maximum absolute atomic E-state index is 12.0. The van der Waals surface area contributed by atoms with E-state index in [0.29, 0.717) is 16.7 Å². The van der Waals surface area contributed by atoms with E-state index in [0.717, 1.165) is 12.5 Å². The molecule has 0 unspecified atom stereocenters. The van der Waals surface area contributed by atoms with Gasteiger partial charge in [-0.3, -0.25) is 4.79 Å². The highest BCUT2D eigenvalue weighted by atomic mass is 35.5. The smallest absolute Gasteiger partial charge is 0.254 e. The average molecular weight is 266 g/mol. The molecule has 0 radical (unpaired) electrons. The number of halogens is 1. The minimum absolute atomic E-state index is 0.174. The number of pyridine rings is 1. The van der Waals surface area contributed by atoms with Gasteiger partial charge in [0.05, 0.1) is 17.4 Å². The van der Waals surface area contributed by atoms with Crippen molar-refractivity contribution >= 4 is 23.2 Å². The van der Waals surface area contributed by atoms with Crippen molar-refractivity contribution in [3.05, 3.63) is 23.0 Å². The molecular formula is C13H16ClN3O. The van der Waals surface area contributed by atoms with Gasteiger partial charge < -0.3 is 11.1 Å². The number of aromatic nitrogens is 1. The van der Waals surface area contributed by atoms with Crippen LogP contribution in [0.3, 0.4) is 0 Å². The van der Waals surface area contributed by atoms with E-state index in [9.17, 15) is 4.79 Å². The molecule has 1 amide bonds. The molecule has 1 aromatic heterocycles. The summed E-state index contributed by atoms with van der Waals surface area (Å²) in [5.74, 6) is 0.652. The molecule has 0 saturated heterocycles. The number of carbonyl (C=O) groups is 1. The summed E-state index contributed by atoms with van der Waals surface area (Å²) in [5.41, 5.74) is 6.82. The van der Waals surface area contributed by atoms with E-state index >= 15 is 0 Å². The predicted octanol–water partition coefficient (Wildman–Crippen LogP) is 2.24. The molecule has 18 heavy (non-hydrogen) atoms. The Hall–Kier alpha value is -1.29. The lowest BCUT2D eigenvalue weighted by atomic mass is 10.0. The standard InChI is InChI=1S/C13H16ClN3O/c14-11-10(5-9(15)6-16-11)12(18)17-7-13(3-4-13)8-1-2-8/h5-6,8H,1-4,7,15H2,(H,17,18). The van der Waals surface area contributed by atoms with Crippen molar-refractivity contribution in [2.45, 2.75) is 25.7 Å². The number of nitrogens with zero attached hydrogens (tertiary/aromatic N) is 1. The summed E-state index contributed by atoms with van der Waals surface area (Å²) in [6.07, 6.45) is 6.56. The molecule has 2 saturated carbocycles. The largest absolute Gasteiger partial charge is 0.397 e. The fourth-order valence-electron chi connectivity index (χ4n) is 2.56. The molecule has 2 aliphatic carbocycles. The lowest BCUT2D eigenvalue weighted by Gasteiger charge is -2.15. The minimum atomic E-state index is -0.174. The molecule has 0 bridgehead atoms. The van der Waals surface area contributed by atoms with E-state index in [2.05, 4.69) is 10.3 Å². The predicted molar refractivity (Wildman–Crippen MR) is 70.4 cm³/mol. The Morgan fingerprint density at radius 2 is 2.28 bits per heavy atom. The highest BCUT2D eigenvalue weighted by molar-refractivity contribution is 6.32. The fraction of sp³-hybridized carbons (Fsp3) is 0.538. The Kier molecular flexibility index (Phi) is 2.70. The van der Waals surface area contributed by atoms with Crippen LogP contribution in [-0.2, 0) is 0 Å². The van der Waals surface area contributed by atoms with Crippen LogP contribution in [0.1, 0.15) is 36.0 Å². The van der Waals surface area contributed by atoms with Crippen LogP contribution >= 0.6 is 11.6 Å². The summed E-state index contributed by atoms with van der Waals surface area (Å²) in [7, 11) is 0. The van der Waals surface area contributed by atoms with Crippen LogP contribution in [-0.4, -0.2) is 17.4 Å². The summed E-state index contributed by atoms with van der Waals surface area (Å²) in [6.45, 7) is 0.752. The third kappa shape index (κ3) is 2.17. The van der Waals surface area contributed by atoms with Gasteiger partial charge in [-0.05, 0) is 43.1 Å². The molecule has 1 aromatic rings. The van der Waals surface area contributed by atoms with E-state index in [1.807, 2.05) is 0 Å². The maximum Gasteiger partial charge on any atom is 0.254 e. The Morgan fingerprint density at radius 3 is 2.89 bits per heavy atom. The van der Waals surface area contributed by atoms with Gasteiger partial charge in [0.2, 0.25) is 0 Å². The van der Waals surface area contributed by atoms with Gasteiger partial charge >= 0.3 is 0 Å². The van der Waals surface area contributed by atoms with Crippen LogP contribution in [0, 0.1) is 11.3 Å². The molecule has 3 rings (SSSR count). The van der Waals surface area contributed by atoms with Crippen molar-refractivity contribution in [1.82, 2.24) is 10.3 Å². The second-order valence-corrected chi connectivity index (χ2v) is 5.78. The first-order valence-corrected chi connectivity index (χ1v) is 6.68. The van der Waals surface area contributed by atoms with Gasteiger partial charge in [0.25, 0.3) is 5.91 Å². The molecule has 5 heteroatoms. The zero-order valence-corrected chi connectivity index (χ0v) is 10.8. The van der Waals surface area contributed by atoms with Gasteiger partial charge in [-0.25, -0.2) is 4.98 Å². The van der Waals surface area contributed by atoms with E-state index in [-0.39, 0.29) is 11.1 Å². The first-order valence-electron chi connectivity index (χ1n) is 6.30. The summed E-state index contributed by atoms with van der Waals surface area (Å²) in [4.78, 5) is 15.9. The normalized spacial score (nSPS) is 20.5. The molecule has 0 aromatic carbocycles. The van der Waals surface area contributed by atoms with Gasteiger partial charge in [0.15, 0.2) is 0 Å². The molecule has 0 spiro atoms. The number of amides is 1. The van der Waals surface area contributed by atoms with E-state index < -0.39 is 0 Å². The third-order valence-electron chi connectivity index (χ3n) is 4.04. The SMILES string of the molecule is Nc1cnc(Cl)c(C(=O)NCC2(C3CC3)CC2)c1. The number of nitrogen functional groups attached to an aromatic ring is 1. The molecule has 2 aliphatic rings. The first kappa shape index (κ1) is 11.8. The molecule has 0 aliphatic heterocycles. The maximum atomic E-state index is 12.0. The van der Waals surface area contributed by atoms with Crippen LogP contribution in [0.5, 0.6) is 0 Å². The molecular weight excluding hydrogens is 250 g/mol. The number of hydrogen-bond donors (Lipinski definition) is 2. The van der Waals surface area contributed by atoms with Gasteiger partial charge in [-0.2, -0.15) is 0 Å². The van der Waals surface area contributed by atoms with Crippen LogP contribution in [0.2, 0.25) is 5.15 Å². The second kappa shape index (κ2) is 4.12. The lowest BCUT2D eigenvalue weighted by Crippen LogP contribution is -2.31. The van der Waals surface area contributed by atoms with Crippen molar-refractivity contribution in [2.24, 2.45) is 11.3 Å². The van der Waals surface area contributed by atoms with Crippen LogP contribution in [0.15, 0.2) is 12.3 Å². The first-order chi connectivity index (χ1) is 8.61. The van der Waals surface area contributed by atoms with Crippen molar-refractivity contribution in [2.75, 3.05) is 12.3 Å². The third-order valence-corrected chi connectivity index (χ3v) is 4.34. The highest BCUT2D eigenvalue weighted by Crippen LogP contribution is 2.60. The van der Waals surface area contributed by atoms with Crippen LogP contribution in [0.25, 0.3) is 0 Å². The van der Waals surface area contributed by atoms with E-state index in [1.54, 1.807) is 6.07 Å². The molecule has 96 valence electrons. The second-order valence-electron chi connectivity index (χ2n) is 5.43. The molecule has 3 N–H and O–H groups in total. The monoisotopic (exact) mass is 265 g/mol. The van der Waals surface area contributed by atoms with Gasteiger partial charge in [0, 0.05) is 6.54 Å². The van der Waals surface area contributed by atoms with Gasteiger partial charge in [0.1, 0.15) is 5.15 Å². The Balaban J connectivity index is 1.65. The van der Waals surface area contributed by atoms with E-state index in [1.165, 1.54) is 31.9 Å². The van der Waals surface area contributed by atoms with Crippen molar-refractivity contribution in [3.63, 3.8) is 0 Å². The van der Waals surface area contributed by atoms with Crippen molar-refractivity contribution in [1.29, 1.82) is 0 Å². The molecule has 2 fully saturated rings. The number of carbonyl (C=O) groups excluding carboxylic acids is 1. The lowest BCUT2D eigenvalue weighted by molar-refractivity contribution is 0.0942. The van der Waals surface area contributed by atoms with Crippen molar-refractivity contribution < 1.29 is 4.79 Å². The highest BCUT2D eigenvalue weighted by Gasteiger charge is 2.53. The van der Waals surface area contributed by atoms with E-state index in [4.69, 9.17) is 17.3 Å². The number of rotatable bonds is 4. The minimum Gasteiger partial charge on any atom is -0.397 e. The Bertz CT molecular complexity index is 495. The number of hydrogen-bond acceptors (Lipinski definition) is 3. The van der Waals surface area contributed by atoms with Gasteiger partial charge in [-0.1, -0.05) is 11.6 Å². The average Bonchev–Trinajstić information content (AvgIpc) is 3.21. The fourth-order valence-corrected chi connectivity index (χ4v) is 2.75. The quantitative estimate of drug-likeness (QED) is 0.821. The zero-order chi connectivity index (χ0) is 12.8. The number of nitrogens with two attached hydrogens (primary N) is 1.